The quantitative estimate of drug-likeness (QED) is 0.302. The zero-order chi connectivity index (χ0) is 19.2. The van der Waals surface area contributed by atoms with Crippen LogP contribution in [0, 0.1) is 20.8 Å². The van der Waals surface area contributed by atoms with Crippen LogP contribution in [0.5, 0.6) is 0 Å². The summed E-state index contributed by atoms with van der Waals surface area (Å²) in [7, 11) is 1.77. The Balaban J connectivity index is 0.00000280. The molecular formula is C19H26IN7S. The maximum absolute atomic E-state index is 4.52. The highest BCUT2D eigenvalue weighted by Crippen LogP contribution is 2.10. The molecule has 3 aromatic rings. The van der Waals surface area contributed by atoms with Gasteiger partial charge in [0.1, 0.15) is 0 Å². The standard InChI is InChI=1S/C19H25N7S.HI/c1-13-9-14(2)26(25-13)18-6-5-16(10-22-18)11-23-19(20-4)21-8-7-17-12-27-15(3)24-17;/h5-6,9-10,12H,7-8,11H2,1-4H3,(H2,20,21,23);1H. The first kappa shape index (κ1) is 22.3. The predicted octanol–water partition coefficient (Wildman–Crippen LogP) is 3.17. The van der Waals surface area contributed by atoms with Crippen molar-refractivity contribution in [2.45, 2.75) is 33.7 Å². The van der Waals surface area contributed by atoms with E-state index in [0.717, 1.165) is 52.4 Å². The zero-order valence-electron chi connectivity index (χ0n) is 16.6. The van der Waals surface area contributed by atoms with E-state index in [2.05, 4.69) is 42.1 Å². The molecule has 0 spiro atoms. The molecule has 3 heterocycles. The number of nitrogens with one attached hydrogen (secondary N) is 2. The van der Waals surface area contributed by atoms with Crippen molar-refractivity contribution < 1.29 is 0 Å². The van der Waals surface area contributed by atoms with Crippen LogP contribution in [0.4, 0.5) is 0 Å². The van der Waals surface area contributed by atoms with Gasteiger partial charge in [-0.2, -0.15) is 5.10 Å². The fraction of sp³-hybridized carbons (Fsp3) is 0.368. The first-order chi connectivity index (χ1) is 13.0. The largest absolute Gasteiger partial charge is 0.356 e. The number of aryl methyl sites for hydroxylation is 3. The fourth-order valence-corrected chi connectivity index (χ4v) is 3.39. The summed E-state index contributed by atoms with van der Waals surface area (Å²) in [5.74, 6) is 1.59. The third kappa shape index (κ3) is 5.99. The average molecular weight is 511 g/mol. The van der Waals surface area contributed by atoms with Gasteiger partial charge in [0, 0.05) is 43.8 Å². The number of hydrogen-bond acceptors (Lipinski definition) is 5. The number of aromatic nitrogens is 4. The second-order valence-electron chi connectivity index (χ2n) is 6.32. The van der Waals surface area contributed by atoms with Gasteiger partial charge >= 0.3 is 0 Å². The van der Waals surface area contributed by atoms with Gasteiger partial charge in [-0.3, -0.25) is 4.99 Å². The highest BCUT2D eigenvalue weighted by Gasteiger charge is 2.05. The van der Waals surface area contributed by atoms with Crippen molar-refractivity contribution in [3.05, 3.63) is 57.4 Å². The Morgan fingerprint density at radius 2 is 2.04 bits per heavy atom. The molecule has 0 aliphatic rings. The molecule has 2 N–H and O–H groups in total. The lowest BCUT2D eigenvalue weighted by Gasteiger charge is -2.11. The van der Waals surface area contributed by atoms with Crippen molar-refractivity contribution in [2.24, 2.45) is 4.99 Å². The van der Waals surface area contributed by atoms with Crippen LogP contribution in [0.3, 0.4) is 0 Å². The average Bonchev–Trinajstić information content (AvgIpc) is 3.23. The number of pyridine rings is 1. The number of hydrogen-bond donors (Lipinski definition) is 2. The number of rotatable bonds is 6. The summed E-state index contributed by atoms with van der Waals surface area (Å²) in [6.45, 7) is 7.48. The Hall–Kier alpha value is -2.01. The van der Waals surface area contributed by atoms with Crippen LogP contribution >= 0.6 is 35.3 Å². The van der Waals surface area contributed by atoms with Crippen LogP contribution in [-0.2, 0) is 13.0 Å². The summed E-state index contributed by atoms with van der Waals surface area (Å²) >= 11 is 1.68. The molecule has 0 aliphatic carbocycles. The molecule has 0 aromatic carbocycles. The van der Waals surface area contributed by atoms with Crippen molar-refractivity contribution in [3.8, 4) is 5.82 Å². The molecule has 28 heavy (non-hydrogen) atoms. The van der Waals surface area contributed by atoms with Crippen molar-refractivity contribution in [1.82, 2.24) is 30.4 Å². The summed E-state index contributed by atoms with van der Waals surface area (Å²) < 4.78 is 1.85. The van der Waals surface area contributed by atoms with E-state index in [0.29, 0.717) is 6.54 Å². The highest BCUT2D eigenvalue weighted by molar-refractivity contribution is 14.0. The van der Waals surface area contributed by atoms with Gasteiger partial charge in [-0.25, -0.2) is 14.6 Å². The van der Waals surface area contributed by atoms with E-state index in [-0.39, 0.29) is 24.0 Å². The Labute approximate surface area is 186 Å². The smallest absolute Gasteiger partial charge is 0.191 e. The maximum Gasteiger partial charge on any atom is 0.191 e. The molecule has 0 aliphatic heterocycles. The minimum Gasteiger partial charge on any atom is -0.356 e. The van der Waals surface area contributed by atoms with Gasteiger partial charge < -0.3 is 10.6 Å². The van der Waals surface area contributed by atoms with E-state index in [4.69, 9.17) is 0 Å². The van der Waals surface area contributed by atoms with Crippen LogP contribution < -0.4 is 10.6 Å². The Morgan fingerprint density at radius 1 is 1.21 bits per heavy atom. The Bertz CT molecular complexity index is 915. The topological polar surface area (TPSA) is 80.0 Å². The maximum atomic E-state index is 4.52. The van der Waals surface area contributed by atoms with Gasteiger partial charge in [-0.15, -0.1) is 35.3 Å². The molecule has 0 amide bonds. The van der Waals surface area contributed by atoms with Crippen LogP contribution in [0.25, 0.3) is 5.82 Å². The first-order valence-corrected chi connectivity index (χ1v) is 9.77. The third-order valence-corrected chi connectivity index (χ3v) is 4.88. The van der Waals surface area contributed by atoms with Crippen LogP contribution in [0.2, 0.25) is 0 Å². The van der Waals surface area contributed by atoms with Crippen LogP contribution in [-0.4, -0.2) is 39.3 Å². The van der Waals surface area contributed by atoms with Gasteiger partial charge in [0.15, 0.2) is 11.8 Å². The van der Waals surface area contributed by atoms with E-state index in [1.165, 1.54) is 0 Å². The van der Waals surface area contributed by atoms with Crippen molar-refractivity contribution in [2.75, 3.05) is 13.6 Å². The monoisotopic (exact) mass is 511 g/mol. The highest BCUT2D eigenvalue weighted by atomic mass is 127. The second kappa shape index (κ2) is 10.5. The number of guanidine groups is 1. The Kier molecular flexibility index (Phi) is 8.36. The van der Waals surface area contributed by atoms with Crippen molar-refractivity contribution in [3.63, 3.8) is 0 Å². The summed E-state index contributed by atoms with van der Waals surface area (Å²) in [4.78, 5) is 13.3. The Morgan fingerprint density at radius 3 is 2.61 bits per heavy atom. The lowest BCUT2D eigenvalue weighted by Crippen LogP contribution is -2.37. The normalized spacial score (nSPS) is 11.2. The zero-order valence-corrected chi connectivity index (χ0v) is 19.7. The SMILES string of the molecule is CN=C(NCCc1csc(C)n1)NCc1ccc(-n2nc(C)cc2C)nc1.I. The van der Waals surface area contributed by atoms with Gasteiger partial charge in [0.2, 0.25) is 0 Å². The molecule has 0 saturated heterocycles. The summed E-state index contributed by atoms with van der Waals surface area (Å²) in [6, 6.07) is 6.08. The van der Waals surface area contributed by atoms with Crippen LogP contribution in [0.1, 0.15) is 27.7 Å². The lowest BCUT2D eigenvalue weighted by molar-refractivity contribution is 0.778. The minimum atomic E-state index is 0. The number of aliphatic imine (C=N–C) groups is 1. The predicted molar refractivity (Wildman–Crippen MR) is 125 cm³/mol. The van der Waals surface area contributed by atoms with E-state index in [1.54, 1.807) is 18.4 Å². The van der Waals surface area contributed by atoms with Gasteiger partial charge in [0.25, 0.3) is 0 Å². The first-order valence-electron chi connectivity index (χ1n) is 8.89. The molecule has 3 rings (SSSR count). The number of thiazole rings is 1. The summed E-state index contributed by atoms with van der Waals surface area (Å²) in [6.07, 6.45) is 2.74. The van der Waals surface area contributed by atoms with Crippen molar-refractivity contribution >= 4 is 41.3 Å². The molecule has 0 unspecified atom stereocenters. The van der Waals surface area contributed by atoms with Gasteiger partial charge in [-0.05, 0) is 38.5 Å². The van der Waals surface area contributed by atoms with Crippen LogP contribution in [0.15, 0.2) is 34.8 Å². The third-order valence-electron chi connectivity index (χ3n) is 4.06. The molecule has 7 nitrogen and oxygen atoms in total. The second-order valence-corrected chi connectivity index (χ2v) is 7.39. The fourth-order valence-electron chi connectivity index (χ4n) is 2.75. The van der Waals surface area contributed by atoms with E-state index in [9.17, 15) is 0 Å². The molecule has 9 heteroatoms. The van der Waals surface area contributed by atoms with Crippen molar-refractivity contribution in [1.29, 1.82) is 0 Å². The van der Waals surface area contributed by atoms with Gasteiger partial charge in [-0.1, -0.05) is 6.07 Å². The molecule has 150 valence electrons. The molecule has 3 aromatic heterocycles. The molecule has 0 saturated carbocycles. The van der Waals surface area contributed by atoms with Gasteiger partial charge in [0.05, 0.1) is 16.4 Å². The molecule has 0 radical (unpaired) electrons. The van der Waals surface area contributed by atoms with E-state index in [1.807, 2.05) is 43.8 Å². The van der Waals surface area contributed by atoms with E-state index >= 15 is 0 Å². The number of halogens is 1. The number of nitrogens with zero attached hydrogens (tertiary/aromatic N) is 5. The lowest BCUT2D eigenvalue weighted by atomic mass is 10.3. The summed E-state index contributed by atoms with van der Waals surface area (Å²) in [5.41, 5.74) is 4.26. The molecule has 0 fully saturated rings. The summed E-state index contributed by atoms with van der Waals surface area (Å²) in [5, 5.41) is 14.3. The molecular weight excluding hydrogens is 485 g/mol. The molecule has 0 atom stereocenters. The molecule has 0 bridgehead atoms. The minimum absolute atomic E-state index is 0. The van der Waals surface area contributed by atoms with E-state index < -0.39 is 0 Å².